The van der Waals surface area contributed by atoms with Gasteiger partial charge >= 0.3 is 0 Å². The normalized spacial score (nSPS) is 11.4. The minimum absolute atomic E-state index is 0.205. The van der Waals surface area contributed by atoms with Crippen LogP contribution in [0, 0.1) is 5.41 Å². The smallest absolute Gasteiger partial charge is 0.135 e. The van der Waals surface area contributed by atoms with Crippen LogP contribution in [-0.4, -0.2) is 10.8 Å². The lowest BCUT2D eigenvalue weighted by atomic mass is 9.83. The highest BCUT2D eigenvalue weighted by molar-refractivity contribution is 5.81. The Morgan fingerprint density at radius 1 is 1.36 bits per heavy atom. The molecule has 1 rings (SSSR count). The predicted octanol–water partition coefficient (Wildman–Crippen LogP) is 2.63. The summed E-state index contributed by atoms with van der Waals surface area (Å²) in [6.07, 6.45) is 5.41. The van der Waals surface area contributed by atoms with Crippen LogP contribution in [0.15, 0.2) is 24.5 Å². The van der Waals surface area contributed by atoms with Crippen molar-refractivity contribution in [1.29, 1.82) is 0 Å². The summed E-state index contributed by atoms with van der Waals surface area (Å²) in [7, 11) is 0. The van der Waals surface area contributed by atoms with Gasteiger partial charge in [0.2, 0.25) is 0 Å². The van der Waals surface area contributed by atoms with Crippen molar-refractivity contribution in [2.75, 3.05) is 0 Å². The Balaban J connectivity index is 2.53. The zero-order chi connectivity index (χ0) is 10.6. The van der Waals surface area contributed by atoms with Gasteiger partial charge < -0.3 is 0 Å². The molecule has 0 fully saturated rings. The fraction of sp³-hybridized carbons (Fsp3) is 0.500. The molecule has 0 bridgehead atoms. The Morgan fingerprint density at radius 2 is 1.93 bits per heavy atom. The third-order valence-electron chi connectivity index (χ3n) is 2.74. The number of Topliss-reactive ketones (excluding diaryl/α,β-unsaturated/α-hetero) is 1. The highest BCUT2D eigenvalue weighted by Gasteiger charge is 2.22. The third-order valence-corrected chi connectivity index (χ3v) is 2.74. The van der Waals surface area contributed by atoms with Crippen molar-refractivity contribution in [2.45, 2.75) is 33.6 Å². The molecule has 1 aromatic heterocycles. The van der Waals surface area contributed by atoms with Crippen LogP contribution in [0.1, 0.15) is 32.8 Å². The summed E-state index contributed by atoms with van der Waals surface area (Å²) in [4.78, 5) is 15.2. The summed E-state index contributed by atoms with van der Waals surface area (Å²) < 4.78 is 0. The molecule has 0 aliphatic carbocycles. The lowest BCUT2D eigenvalue weighted by Gasteiger charge is -2.20. The maximum Gasteiger partial charge on any atom is 0.135 e. The van der Waals surface area contributed by atoms with Gasteiger partial charge in [-0.05, 0) is 37.5 Å². The summed E-state index contributed by atoms with van der Waals surface area (Å²) in [6.45, 7) is 5.65. The van der Waals surface area contributed by atoms with E-state index in [-0.39, 0.29) is 11.2 Å². The molecule has 0 aromatic carbocycles. The van der Waals surface area contributed by atoms with Crippen LogP contribution >= 0.6 is 0 Å². The van der Waals surface area contributed by atoms with Crippen LogP contribution in [0.3, 0.4) is 0 Å². The number of rotatable bonds is 4. The first-order valence-electron chi connectivity index (χ1n) is 4.92. The van der Waals surface area contributed by atoms with Crippen molar-refractivity contribution in [3.8, 4) is 0 Å². The van der Waals surface area contributed by atoms with E-state index >= 15 is 0 Å². The van der Waals surface area contributed by atoms with Gasteiger partial charge in [-0.2, -0.15) is 0 Å². The van der Waals surface area contributed by atoms with Crippen molar-refractivity contribution in [3.63, 3.8) is 0 Å². The van der Waals surface area contributed by atoms with E-state index in [1.54, 1.807) is 19.3 Å². The second-order valence-corrected chi connectivity index (χ2v) is 4.30. The number of carbonyl (C=O) groups is 1. The number of hydrogen-bond donors (Lipinski definition) is 0. The van der Waals surface area contributed by atoms with E-state index in [0.717, 1.165) is 12.8 Å². The van der Waals surface area contributed by atoms with Gasteiger partial charge in [0, 0.05) is 17.8 Å². The number of aromatic nitrogens is 1. The summed E-state index contributed by atoms with van der Waals surface area (Å²) in [6, 6.07) is 3.99. The molecule has 14 heavy (non-hydrogen) atoms. The van der Waals surface area contributed by atoms with Gasteiger partial charge in [-0.1, -0.05) is 13.8 Å². The van der Waals surface area contributed by atoms with Gasteiger partial charge in [0.25, 0.3) is 0 Å². The fourth-order valence-electron chi connectivity index (χ4n) is 1.18. The Bertz CT molecular complexity index is 303. The molecular formula is C12H17NO. The topological polar surface area (TPSA) is 30.0 Å². The fourth-order valence-corrected chi connectivity index (χ4v) is 1.18. The molecule has 1 aromatic rings. The highest BCUT2D eigenvalue weighted by Crippen LogP contribution is 2.23. The summed E-state index contributed by atoms with van der Waals surface area (Å²) in [5.41, 5.74) is 1.04. The van der Waals surface area contributed by atoms with Crippen LogP contribution in [0.5, 0.6) is 0 Å². The number of pyridine rings is 1. The molecule has 0 unspecified atom stereocenters. The molecule has 0 amide bonds. The maximum absolute atomic E-state index is 11.3. The summed E-state index contributed by atoms with van der Waals surface area (Å²) in [5.74, 6) is 0.256. The molecule has 0 saturated carbocycles. The molecule has 0 spiro atoms. The van der Waals surface area contributed by atoms with Crippen molar-refractivity contribution in [2.24, 2.45) is 5.41 Å². The zero-order valence-electron chi connectivity index (χ0n) is 9.08. The molecule has 0 aliphatic heterocycles. The van der Waals surface area contributed by atoms with Gasteiger partial charge in [-0.25, -0.2) is 0 Å². The van der Waals surface area contributed by atoms with Crippen LogP contribution in [0.2, 0.25) is 0 Å². The first-order chi connectivity index (χ1) is 6.52. The largest absolute Gasteiger partial charge is 0.299 e. The second-order valence-electron chi connectivity index (χ2n) is 4.30. The Labute approximate surface area is 85.4 Å². The lowest BCUT2D eigenvalue weighted by molar-refractivity contribution is -0.125. The van der Waals surface area contributed by atoms with Crippen LogP contribution in [0.4, 0.5) is 0 Å². The van der Waals surface area contributed by atoms with E-state index in [9.17, 15) is 4.79 Å². The number of hydrogen-bond acceptors (Lipinski definition) is 2. The van der Waals surface area contributed by atoms with Gasteiger partial charge in [0.15, 0.2) is 0 Å². The van der Waals surface area contributed by atoms with Gasteiger partial charge in [0.1, 0.15) is 5.78 Å². The van der Waals surface area contributed by atoms with Crippen LogP contribution in [-0.2, 0) is 11.2 Å². The molecule has 0 saturated heterocycles. The number of nitrogens with zero attached hydrogens (tertiary/aromatic N) is 1. The number of carbonyl (C=O) groups excluding carboxylic acids is 1. The average Bonchev–Trinajstić information content (AvgIpc) is 2.16. The highest BCUT2D eigenvalue weighted by atomic mass is 16.1. The van der Waals surface area contributed by atoms with Gasteiger partial charge in [0.05, 0.1) is 0 Å². The quantitative estimate of drug-likeness (QED) is 0.732. The molecule has 0 aliphatic rings. The van der Waals surface area contributed by atoms with Crippen molar-refractivity contribution in [3.05, 3.63) is 30.1 Å². The maximum atomic E-state index is 11.3. The van der Waals surface area contributed by atoms with E-state index in [0.29, 0.717) is 0 Å². The number of aryl methyl sites for hydroxylation is 1. The monoisotopic (exact) mass is 191 g/mol. The van der Waals surface area contributed by atoms with E-state index in [4.69, 9.17) is 0 Å². The molecule has 2 heteroatoms. The molecule has 76 valence electrons. The Kier molecular flexibility index (Phi) is 3.39. The molecule has 0 N–H and O–H groups in total. The van der Waals surface area contributed by atoms with Gasteiger partial charge in [-0.15, -0.1) is 0 Å². The lowest BCUT2D eigenvalue weighted by Crippen LogP contribution is -2.21. The van der Waals surface area contributed by atoms with Crippen molar-refractivity contribution >= 4 is 5.78 Å². The molecule has 0 radical (unpaired) electrons. The summed E-state index contributed by atoms with van der Waals surface area (Å²) >= 11 is 0. The minimum atomic E-state index is -0.205. The molecule has 2 nitrogen and oxygen atoms in total. The number of ketones is 1. The zero-order valence-corrected chi connectivity index (χ0v) is 9.08. The van der Waals surface area contributed by atoms with Crippen LogP contribution in [0.25, 0.3) is 0 Å². The van der Waals surface area contributed by atoms with Gasteiger partial charge in [-0.3, -0.25) is 9.78 Å². The van der Waals surface area contributed by atoms with Crippen molar-refractivity contribution in [1.82, 2.24) is 4.98 Å². The van der Waals surface area contributed by atoms with Crippen molar-refractivity contribution < 1.29 is 4.79 Å². The summed E-state index contributed by atoms with van der Waals surface area (Å²) in [5, 5.41) is 0. The Morgan fingerprint density at radius 3 is 2.43 bits per heavy atom. The Hall–Kier alpha value is -1.18. The molecular weight excluding hydrogens is 174 g/mol. The second kappa shape index (κ2) is 4.36. The molecule has 0 atom stereocenters. The minimum Gasteiger partial charge on any atom is -0.299 e. The van der Waals surface area contributed by atoms with E-state index in [2.05, 4.69) is 4.98 Å². The van der Waals surface area contributed by atoms with E-state index in [1.165, 1.54) is 5.56 Å². The first-order valence-corrected chi connectivity index (χ1v) is 4.92. The van der Waals surface area contributed by atoms with Crippen LogP contribution < -0.4 is 0 Å². The SMILES string of the molecule is CC(=O)C(C)(C)CCc1ccncc1. The predicted molar refractivity (Wildman–Crippen MR) is 57.0 cm³/mol. The average molecular weight is 191 g/mol. The standard InChI is InChI=1S/C12H17NO/c1-10(14)12(2,3)7-4-11-5-8-13-9-6-11/h5-6,8-9H,4,7H2,1-3H3. The first kappa shape index (κ1) is 10.9. The molecule has 1 heterocycles. The van der Waals surface area contributed by atoms with E-state index in [1.807, 2.05) is 26.0 Å². The third kappa shape index (κ3) is 2.95. The van der Waals surface area contributed by atoms with E-state index < -0.39 is 0 Å².